The van der Waals surface area contributed by atoms with E-state index in [0.29, 0.717) is 34.8 Å². The highest BCUT2D eigenvalue weighted by Gasteiger charge is 2.31. The Morgan fingerprint density at radius 1 is 0.544 bits per heavy atom. The van der Waals surface area contributed by atoms with Gasteiger partial charge in [-0.25, -0.2) is 39.3 Å². The predicted molar refractivity (Wildman–Crippen MR) is 258 cm³/mol. The molecule has 0 aliphatic carbocycles. The van der Waals surface area contributed by atoms with Crippen molar-refractivity contribution in [2.45, 2.75) is 103 Å². The average molecular weight is 917 g/mol. The smallest absolute Gasteiger partial charge is 0.238 e. The minimum Gasteiger partial charge on any atom is -0.479 e. The van der Waals surface area contributed by atoms with Crippen LogP contribution in [-0.2, 0) is 33.8 Å². The van der Waals surface area contributed by atoms with Crippen molar-refractivity contribution < 1.29 is 18.9 Å². The van der Waals surface area contributed by atoms with E-state index in [4.69, 9.17) is 49.1 Å². The molecule has 352 valence electrons. The van der Waals surface area contributed by atoms with E-state index in [9.17, 15) is 0 Å². The summed E-state index contributed by atoms with van der Waals surface area (Å²) in [6.45, 7) is 13.9. The van der Waals surface area contributed by atoms with Crippen molar-refractivity contribution in [3.05, 3.63) is 143 Å². The van der Waals surface area contributed by atoms with E-state index in [1.165, 1.54) is 11.1 Å². The topological polar surface area (TPSA) is 160 Å². The van der Waals surface area contributed by atoms with Crippen molar-refractivity contribution in [3.63, 3.8) is 0 Å². The van der Waals surface area contributed by atoms with Gasteiger partial charge in [0.2, 0.25) is 11.8 Å². The number of benzene rings is 2. The fraction of sp³-hybridized carbons (Fsp3) is 0.385. The standard InChI is InChI=1S/2C26H30N6O2/c2*1-17-15-31(16-27-17)22-12-11-21(28-25(22)33-4)23-29-24-20(10-7-13-32(24)30-23)18-8-6-9-19(14-18)26(2,3)34-5/h2*6,8-9,11-12,14-16,20H,7,10,13H2,1-5H3/t2*20-/m10/s1. The lowest BCUT2D eigenvalue weighted by atomic mass is 9.87. The molecule has 0 amide bonds. The van der Waals surface area contributed by atoms with Crippen LogP contribution in [0.3, 0.4) is 0 Å². The highest BCUT2D eigenvalue weighted by molar-refractivity contribution is 5.57. The normalized spacial score (nSPS) is 15.9. The van der Waals surface area contributed by atoms with Crippen LogP contribution in [0.15, 0.2) is 97.8 Å². The molecule has 0 N–H and O–H groups in total. The summed E-state index contributed by atoms with van der Waals surface area (Å²) < 4.78 is 30.4. The molecule has 68 heavy (non-hydrogen) atoms. The summed E-state index contributed by atoms with van der Waals surface area (Å²) in [5.41, 5.74) is 8.97. The van der Waals surface area contributed by atoms with Gasteiger partial charge in [-0.05, 0) is 114 Å². The summed E-state index contributed by atoms with van der Waals surface area (Å²) in [5, 5.41) is 9.62. The van der Waals surface area contributed by atoms with Crippen molar-refractivity contribution in [2.75, 3.05) is 28.4 Å². The van der Waals surface area contributed by atoms with E-state index >= 15 is 0 Å². The van der Waals surface area contributed by atoms with E-state index in [1.807, 2.05) is 69.0 Å². The first-order chi connectivity index (χ1) is 32.8. The number of hydrogen-bond donors (Lipinski definition) is 0. The molecule has 2 atom stereocenters. The van der Waals surface area contributed by atoms with Gasteiger partial charge < -0.3 is 28.1 Å². The summed E-state index contributed by atoms with van der Waals surface area (Å²) in [7, 11) is 6.73. The second-order valence-electron chi connectivity index (χ2n) is 18.4. The zero-order chi connectivity index (χ0) is 47.7. The second-order valence-corrected chi connectivity index (χ2v) is 18.4. The monoisotopic (exact) mass is 916 g/mol. The Hall–Kier alpha value is -7.04. The van der Waals surface area contributed by atoms with E-state index in [1.54, 1.807) is 41.1 Å². The number of ether oxygens (including phenoxy) is 4. The molecule has 0 saturated carbocycles. The second kappa shape index (κ2) is 18.9. The highest BCUT2D eigenvalue weighted by Crippen LogP contribution is 2.38. The number of methoxy groups -OCH3 is 4. The molecular weight excluding hydrogens is 857 g/mol. The number of rotatable bonds is 12. The number of fused-ring (bicyclic) bond motifs is 2. The van der Waals surface area contributed by atoms with Crippen LogP contribution in [-0.4, -0.2) is 87.0 Å². The van der Waals surface area contributed by atoms with Gasteiger partial charge in [-0.15, -0.1) is 10.2 Å². The number of nitrogens with zero attached hydrogens (tertiary/aromatic N) is 12. The third-order valence-corrected chi connectivity index (χ3v) is 13.2. The van der Waals surface area contributed by atoms with E-state index in [2.05, 4.69) is 86.2 Å². The van der Waals surface area contributed by atoms with Crippen LogP contribution in [0.1, 0.15) is 111 Å². The Labute approximate surface area is 397 Å². The molecule has 8 heterocycles. The Bertz CT molecular complexity index is 2850. The van der Waals surface area contributed by atoms with Crippen LogP contribution >= 0.6 is 0 Å². The molecule has 16 nitrogen and oxygen atoms in total. The predicted octanol–water partition coefficient (Wildman–Crippen LogP) is 9.30. The van der Waals surface area contributed by atoms with Crippen molar-refractivity contribution in [1.82, 2.24) is 58.6 Å². The molecule has 0 fully saturated rings. The lowest BCUT2D eigenvalue weighted by Crippen LogP contribution is -2.21. The van der Waals surface area contributed by atoms with Gasteiger partial charge in [0.25, 0.3) is 0 Å². The first-order valence-corrected chi connectivity index (χ1v) is 23.1. The molecule has 0 radical (unpaired) electrons. The summed E-state index contributed by atoms with van der Waals surface area (Å²) in [5.74, 6) is 4.55. The fourth-order valence-corrected chi connectivity index (χ4v) is 8.96. The van der Waals surface area contributed by atoms with E-state index < -0.39 is 0 Å². The van der Waals surface area contributed by atoms with Gasteiger partial charge in [-0.1, -0.05) is 48.5 Å². The molecular formula is C52H60N12O4. The lowest BCUT2D eigenvalue weighted by molar-refractivity contribution is 0.0189. The minimum atomic E-state index is -0.348. The van der Waals surface area contributed by atoms with Gasteiger partial charge in [0.05, 0.1) is 49.5 Å². The van der Waals surface area contributed by atoms with Gasteiger partial charge in [-0.3, -0.25) is 0 Å². The Morgan fingerprint density at radius 2 is 0.971 bits per heavy atom. The van der Waals surface area contributed by atoms with Crippen LogP contribution in [0.25, 0.3) is 34.4 Å². The number of imidazole rings is 2. The maximum atomic E-state index is 5.70. The molecule has 2 aliphatic rings. The number of pyridine rings is 2. The Balaban J connectivity index is 0.000000170. The quantitative estimate of drug-likeness (QED) is 0.115. The Kier molecular flexibility index (Phi) is 12.8. The summed E-state index contributed by atoms with van der Waals surface area (Å²) in [6.07, 6.45) is 11.6. The number of aryl methyl sites for hydroxylation is 4. The fourth-order valence-electron chi connectivity index (χ4n) is 8.96. The van der Waals surface area contributed by atoms with Gasteiger partial charge in [0.15, 0.2) is 11.6 Å². The minimum absolute atomic E-state index is 0.178. The molecule has 6 aromatic heterocycles. The Morgan fingerprint density at radius 3 is 1.34 bits per heavy atom. The summed E-state index contributed by atoms with van der Waals surface area (Å²) in [6, 6.07) is 25.1. The molecule has 0 unspecified atom stereocenters. The number of hydrogen-bond acceptors (Lipinski definition) is 12. The van der Waals surface area contributed by atoms with Crippen LogP contribution in [0.2, 0.25) is 0 Å². The average Bonchev–Trinajstić information content (AvgIpc) is 4.20. The largest absolute Gasteiger partial charge is 0.479 e. The zero-order valence-electron chi connectivity index (χ0n) is 40.6. The summed E-state index contributed by atoms with van der Waals surface area (Å²) in [4.78, 5) is 28.0. The zero-order valence-corrected chi connectivity index (χ0v) is 40.6. The molecule has 2 aromatic carbocycles. The van der Waals surface area contributed by atoms with Crippen LogP contribution in [0.5, 0.6) is 11.8 Å². The maximum absolute atomic E-state index is 5.70. The van der Waals surface area contributed by atoms with Gasteiger partial charge in [-0.2, -0.15) is 0 Å². The van der Waals surface area contributed by atoms with E-state index in [0.717, 1.165) is 84.3 Å². The van der Waals surface area contributed by atoms with Gasteiger partial charge >= 0.3 is 0 Å². The van der Waals surface area contributed by atoms with Crippen molar-refractivity contribution in [2.24, 2.45) is 0 Å². The molecule has 8 aromatic rings. The van der Waals surface area contributed by atoms with E-state index in [-0.39, 0.29) is 23.0 Å². The van der Waals surface area contributed by atoms with Crippen molar-refractivity contribution >= 4 is 0 Å². The number of aromatic nitrogens is 12. The first kappa shape index (κ1) is 46.1. The van der Waals surface area contributed by atoms with Gasteiger partial charge in [0, 0.05) is 51.5 Å². The molecule has 10 rings (SSSR count). The lowest BCUT2D eigenvalue weighted by Gasteiger charge is -2.27. The SMILES string of the molecule is COc1nc(-c2nc3n(n2)CCC[C@@H]3c2cccc(C(C)(C)OC)c2)ccc1-n1cnc(C)c1.COc1nc(-c2nc3n(n2)CCC[C@H]3c2cccc(C(C)(C)OC)c2)ccc1-n1cnc(C)c1. The highest BCUT2D eigenvalue weighted by atomic mass is 16.5. The van der Waals surface area contributed by atoms with Crippen LogP contribution < -0.4 is 9.47 Å². The third kappa shape index (κ3) is 9.17. The third-order valence-electron chi connectivity index (χ3n) is 13.2. The molecule has 0 spiro atoms. The van der Waals surface area contributed by atoms with Crippen molar-refractivity contribution in [1.29, 1.82) is 0 Å². The molecule has 2 aliphatic heterocycles. The molecule has 0 bridgehead atoms. The van der Waals surface area contributed by atoms with Crippen molar-refractivity contribution in [3.8, 4) is 46.2 Å². The summed E-state index contributed by atoms with van der Waals surface area (Å²) >= 11 is 0. The molecule has 0 saturated heterocycles. The van der Waals surface area contributed by atoms with Crippen LogP contribution in [0.4, 0.5) is 0 Å². The van der Waals surface area contributed by atoms with Gasteiger partial charge in [0.1, 0.15) is 34.4 Å². The molecule has 16 heteroatoms. The maximum Gasteiger partial charge on any atom is 0.238 e. The first-order valence-electron chi connectivity index (χ1n) is 23.1. The van der Waals surface area contributed by atoms with Crippen LogP contribution in [0, 0.1) is 13.8 Å².